The maximum absolute atomic E-state index is 13.5. The number of piperazine rings is 1. The number of rotatable bonds is 4. The zero-order chi connectivity index (χ0) is 21.3. The van der Waals surface area contributed by atoms with Crippen molar-refractivity contribution in [1.82, 2.24) is 14.2 Å². The van der Waals surface area contributed by atoms with Crippen molar-refractivity contribution in [3.05, 3.63) is 71.4 Å². The van der Waals surface area contributed by atoms with E-state index in [-0.39, 0.29) is 23.9 Å². The summed E-state index contributed by atoms with van der Waals surface area (Å²) in [7, 11) is -3.54. The number of para-hydroxylation sites is 1. The summed E-state index contributed by atoms with van der Waals surface area (Å²) in [6, 6.07) is 16.1. The molecule has 30 heavy (non-hydrogen) atoms. The Morgan fingerprint density at radius 1 is 0.967 bits per heavy atom. The van der Waals surface area contributed by atoms with Gasteiger partial charge in [0, 0.05) is 37.3 Å². The van der Waals surface area contributed by atoms with Crippen molar-refractivity contribution in [3.63, 3.8) is 0 Å². The number of carbonyl (C=O) groups is 1. The Morgan fingerprint density at radius 3 is 2.27 bits per heavy atom. The Morgan fingerprint density at radius 2 is 1.60 bits per heavy atom. The highest BCUT2D eigenvalue weighted by molar-refractivity contribution is 7.89. The van der Waals surface area contributed by atoms with Crippen molar-refractivity contribution >= 4 is 26.8 Å². The summed E-state index contributed by atoms with van der Waals surface area (Å²) in [5.41, 5.74) is 3.31. The molecule has 0 spiro atoms. The molecular formula is C23H25N3O3S. The van der Waals surface area contributed by atoms with Gasteiger partial charge < -0.3 is 4.90 Å². The van der Waals surface area contributed by atoms with Crippen LogP contribution >= 0.6 is 0 Å². The Hall–Kier alpha value is -2.77. The minimum absolute atomic E-state index is 0.0578. The fraction of sp³-hybridized carbons (Fsp3) is 0.304. The van der Waals surface area contributed by atoms with Crippen LogP contribution in [-0.4, -0.2) is 54.7 Å². The van der Waals surface area contributed by atoms with E-state index in [0.29, 0.717) is 18.7 Å². The van der Waals surface area contributed by atoms with E-state index < -0.39 is 10.0 Å². The van der Waals surface area contributed by atoms with Gasteiger partial charge in [0.2, 0.25) is 10.0 Å². The monoisotopic (exact) mass is 423 g/mol. The smallest absolute Gasteiger partial charge is 0.254 e. The molecule has 3 aromatic rings. The number of pyridine rings is 1. The highest BCUT2D eigenvalue weighted by atomic mass is 32.2. The Labute approximate surface area is 177 Å². The molecule has 0 aliphatic carbocycles. The predicted molar refractivity (Wildman–Crippen MR) is 117 cm³/mol. The van der Waals surface area contributed by atoms with E-state index >= 15 is 0 Å². The zero-order valence-corrected chi connectivity index (χ0v) is 18.0. The third-order valence-corrected chi connectivity index (χ3v) is 7.61. The number of carbonyl (C=O) groups excluding carboxylic acids is 1. The molecule has 1 amide bonds. The summed E-state index contributed by atoms with van der Waals surface area (Å²) in [6.07, 6.45) is 0.750. The quantitative estimate of drug-likeness (QED) is 0.646. The molecule has 1 aliphatic heterocycles. The lowest BCUT2D eigenvalue weighted by molar-refractivity contribution is 0.0699. The molecule has 0 bridgehead atoms. The van der Waals surface area contributed by atoms with E-state index in [4.69, 9.17) is 4.98 Å². The summed E-state index contributed by atoms with van der Waals surface area (Å²) >= 11 is 0. The second-order valence-electron chi connectivity index (χ2n) is 7.44. The van der Waals surface area contributed by atoms with Crippen LogP contribution in [-0.2, 0) is 16.4 Å². The fourth-order valence-electron chi connectivity index (χ4n) is 4.01. The Balaban J connectivity index is 1.59. The van der Waals surface area contributed by atoms with E-state index in [2.05, 4.69) is 0 Å². The second kappa shape index (κ2) is 8.16. The van der Waals surface area contributed by atoms with Gasteiger partial charge in [-0.05, 0) is 37.1 Å². The van der Waals surface area contributed by atoms with Gasteiger partial charge in [-0.3, -0.25) is 9.78 Å². The molecular weight excluding hydrogens is 398 g/mol. The average molecular weight is 424 g/mol. The molecule has 1 saturated heterocycles. The minimum Gasteiger partial charge on any atom is -0.336 e. The lowest BCUT2D eigenvalue weighted by Gasteiger charge is -2.34. The number of benzene rings is 2. The van der Waals surface area contributed by atoms with Crippen LogP contribution < -0.4 is 0 Å². The standard InChI is InChI=1S/C23H25N3O3S/c1-3-20-17(2)22(19-11-7-8-12-21(19)24-20)23(27)25-13-15-26(16-14-25)30(28,29)18-9-5-4-6-10-18/h4-12H,3,13-16H2,1-2H3. The molecule has 7 heteroatoms. The SMILES string of the molecule is CCc1nc2ccccc2c(C(=O)N2CCN(S(=O)(=O)c3ccccc3)CC2)c1C. The summed E-state index contributed by atoms with van der Waals surface area (Å²) in [5, 5.41) is 0.844. The third-order valence-electron chi connectivity index (χ3n) is 5.69. The van der Waals surface area contributed by atoms with Crippen LogP contribution in [0.4, 0.5) is 0 Å². The van der Waals surface area contributed by atoms with Crippen LogP contribution in [0.1, 0.15) is 28.5 Å². The molecule has 0 N–H and O–H groups in total. The molecule has 1 aromatic heterocycles. The van der Waals surface area contributed by atoms with Crippen molar-refractivity contribution < 1.29 is 13.2 Å². The van der Waals surface area contributed by atoms with Gasteiger partial charge in [-0.15, -0.1) is 0 Å². The van der Waals surface area contributed by atoms with Gasteiger partial charge in [-0.25, -0.2) is 8.42 Å². The molecule has 156 valence electrons. The Bertz CT molecular complexity index is 1190. The first-order chi connectivity index (χ1) is 14.4. The maximum atomic E-state index is 13.5. The molecule has 6 nitrogen and oxygen atoms in total. The van der Waals surface area contributed by atoms with Gasteiger partial charge in [0.15, 0.2) is 0 Å². The van der Waals surface area contributed by atoms with Crippen molar-refractivity contribution in [2.45, 2.75) is 25.2 Å². The van der Waals surface area contributed by atoms with E-state index in [1.807, 2.05) is 38.1 Å². The largest absolute Gasteiger partial charge is 0.336 e. The van der Waals surface area contributed by atoms with Gasteiger partial charge >= 0.3 is 0 Å². The number of nitrogens with zero attached hydrogens (tertiary/aromatic N) is 3. The molecule has 0 radical (unpaired) electrons. The van der Waals surface area contributed by atoms with Crippen molar-refractivity contribution in [3.8, 4) is 0 Å². The van der Waals surface area contributed by atoms with E-state index in [1.54, 1.807) is 35.2 Å². The maximum Gasteiger partial charge on any atom is 0.254 e. The number of aromatic nitrogens is 1. The summed E-state index contributed by atoms with van der Waals surface area (Å²) in [6.45, 7) is 5.27. The van der Waals surface area contributed by atoms with Crippen LogP contribution in [0.2, 0.25) is 0 Å². The van der Waals surface area contributed by atoms with Crippen LogP contribution in [0.25, 0.3) is 10.9 Å². The van der Waals surface area contributed by atoms with Crippen LogP contribution in [0, 0.1) is 6.92 Å². The van der Waals surface area contributed by atoms with Gasteiger partial charge in [0.1, 0.15) is 0 Å². The normalized spacial score (nSPS) is 15.5. The first-order valence-corrected chi connectivity index (χ1v) is 11.6. The minimum atomic E-state index is -3.54. The molecule has 2 aromatic carbocycles. The van der Waals surface area contributed by atoms with Gasteiger partial charge in [0.05, 0.1) is 16.0 Å². The third kappa shape index (κ3) is 3.59. The van der Waals surface area contributed by atoms with Crippen LogP contribution in [0.15, 0.2) is 59.5 Å². The fourth-order valence-corrected chi connectivity index (χ4v) is 5.45. The first kappa shape index (κ1) is 20.5. The van der Waals surface area contributed by atoms with Gasteiger partial charge in [-0.1, -0.05) is 43.3 Å². The first-order valence-electron chi connectivity index (χ1n) is 10.2. The Kier molecular flexibility index (Phi) is 5.58. The van der Waals surface area contributed by atoms with E-state index in [0.717, 1.165) is 28.6 Å². The zero-order valence-electron chi connectivity index (χ0n) is 17.2. The number of hydrogen-bond donors (Lipinski definition) is 0. The number of aryl methyl sites for hydroxylation is 1. The predicted octanol–water partition coefficient (Wildman–Crippen LogP) is 3.25. The molecule has 1 fully saturated rings. The number of sulfonamides is 1. The average Bonchev–Trinajstić information content (AvgIpc) is 2.79. The van der Waals surface area contributed by atoms with Crippen molar-refractivity contribution in [2.24, 2.45) is 0 Å². The molecule has 0 atom stereocenters. The van der Waals surface area contributed by atoms with E-state index in [1.165, 1.54) is 4.31 Å². The lowest BCUT2D eigenvalue weighted by atomic mass is 9.99. The van der Waals surface area contributed by atoms with Crippen LogP contribution in [0.5, 0.6) is 0 Å². The number of fused-ring (bicyclic) bond motifs is 1. The second-order valence-corrected chi connectivity index (χ2v) is 9.38. The highest BCUT2D eigenvalue weighted by Gasteiger charge is 2.31. The molecule has 2 heterocycles. The number of hydrogen-bond acceptors (Lipinski definition) is 4. The van der Waals surface area contributed by atoms with Gasteiger partial charge in [-0.2, -0.15) is 4.31 Å². The van der Waals surface area contributed by atoms with Crippen LogP contribution in [0.3, 0.4) is 0 Å². The topological polar surface area (TPSA) is 70.6 Å². The highest BCUT2D eigenvalue weighted by Crippen LogP contribution is 2.26. The summed E-state index contributed by atoms with van der Waals surface area (Å²) in [5.74, 6) is -0.0578. The van der Waals surface area contributed by atoms with Gasteiger partial charge in [0.25, 0.3) is 5.91 Å². The lowest BCUT2D eigenvalue weighted by Crippen LogP contribution is -2.50. The van der Waals surface area contributed by atoms with Crippen molar-refractivity contribution in [1.29, 1.82) is 0 Å². The van der Waals surface area contributed by atoms with Crippen molar-refractivity contribution in [2.75, 3.05) is 26.2 Å². The van der Waals surface area contributed by atoms with E-state index in [9.17, 15) is 13.2 Å². The summed E-state index contributed by atoms with van der Waals surface area (Å²) in [4.78, 5) is 20.2. The molecule has 4 rings (SSSR count). The molecule has 1 aliphatic rings. The molecule has 0 unspecified atom stereocenters. The number of amides is 1. The molecule has 0 saturated carbocycles. The summed E-state index contributed by atoms with van der Waals surface area (Å²) < 4.78 is 27.2.